The van der Waals surface area contributed by atoms with Gasteiger partial charge in [0.25, 0.3) is 15.9 Å². The minimum absolute atomic E-state index is 0.154. The fraction of sp³-hybridized carbons (Fsp3) is 0.312. The second-order valence-electron chi connectivity index (χ2n) is 5.55. The Morgan fingerprint density at radius 2 is 1.87 bits per heavy atom. The van der Waals surface area contributed by atoms with Crippen molar-refractivity contribution in [1.29, 1.82) is 0 Å². The largest absolute Gasteiger partial charge is 0.352 e. The van der Waals surface area contributed by atoms with Crippen LogP contribution in [0.5, 0.6) is 0 Å². The van der Waals surface area contributed by atoms with E-state index in [1.165, 1.54) is 0 Å². The molecule has 0 aliphatic carbocycles. The molecule has 0 saturated carbocycles. The Hall–Kier alpha value is -1.86. The molecule has 0 fully saturated rings. The molecule has 23 heavy (non-hydrogen) atoms. The predicted octanol–water partition coefficient (Wildman–Crippen LogP) is 3.32. The molecule has 2 N–H and O–H groups in total. The van der Waals surface area contributed by atoms with Crippen LogP contribution in [0.25, 0.3) is 0 Å². The van der Waals surface area contributed by atoms with Gasteiger partial charge >= 0.3 is 0 Å². The van der Waals surface area contributed by atoms with Gasteiger partial charge in [-0.25, -0.2) is 8.42 Å². The highest BCUT2D eigenvalue weighted by molar-refractivity contribution is 7.94. The van der Waals surface area contributed by atoms with Crippen molar-refractivity contribution in [3.63, 3.8) is 0 Å². The van der Waals surface area contributed by atoms with E-state index in [1.54, 1.807) is 41.8 Å². The van der Waals surface area contributed by atoms with Crippen LogP contribution in [0.2, 0.25) is 0 Å². The van der Waals surface area contributed by atoms with Gasteiger partial charge in [0.15, 0.2) is 0 Å². The van der Waals surface area contributed by atoms with Crippen molar-refractivity contribution in [1.82, 2.24) is 5.32 Å². The Morgan fingerprint density at radius 3 is 2.43 bits per heavy atom. The highest BCUT2D eigenvalue weighted by Crippen LogP contribution is 2.20. The van der Waals surface area contributed by atoms with Crippen LogP contribution in [-0.2, 0) is 10.0 Å². The summed E-state index contributed by atoms with van der Waals surface area (Å²) in [5.74, 6) is 0.377. The minimum Gasteiger partial charge on any atom is -0.352 e. The Balaban J connectivity index is 1.98. The molecule has 1 heterocycles. The first-order valence-corrected chi connectivity index (χ1v) is 9.69. The third kappa shape index (κ3) is 5.07. The summed E-state index contributed by atoms with van der Waals surface area (Å²) in [6.45, 7) is 4.82. The molecule has 0 atom stereocenters. The number of amides is 1. The van der Waals surface area contributed by atoms with Gasteiger partial charge < -0.3 is 5.32 Å². The first-order chi connectivity index (χ1) is 10.9. The maximum Gasteiger partial charge on any atom is 0.271 e. The number of sulfonamides is 1. The lowest BCUT2D eigenvalue weighted by molar-refractivity contribution is 0.0952. The average Bonchev–Trinajstić information content (AvgIpc) is 3.02. The number of hydrogen-bond donors (Lipinski definition) is 2. The second-order valence-corrected chi connectivity index (χ2v) is 8.41. The highest BCUT2D eigenvalue weighted by atomic mass is 32.2. The molecule has 0 aliphatic heterocycles. The number of thiophene rings is 1. The van der Waals surface area contributed by atoms with E-state index in [4.69, 9.17) is 0 Å². The summed E-state index contributed by atoms with van der Waals surface area (Å²) in [5, 5.41) is 4.55. The number of carbonyl (C=O) groups is 1. The number of carbonyl (C=O) groups excluding carboxylic acids is 1. The number of rotatable bonds is 7. The summed E-state index contributed by atoms with van der Waals surface area (Å²) in [6, 6.07) is 9.62. The lowest BCUT2D eigenvalue weighted by Crippen LogP contribution is -2.25. The van der Waals surface area contributed by atoms with Crippen LogP contribution in [0.1, 0.15) is 30.6 Å². The van der Waals surface area contributed by atoms with Crippen LogP contribution >= 0.6 is 11.3 Å². The van der Waals surface area contributed by atoms with Crippen LogP contribution < -0.4 is 10.0 Å². The first kappa shape index (κ1) is 17.5. The molecule has 5 nitrogen and oxygen atoms in total. The average molecular weight is 352 g/mol. The lowest BCUT2D eigenvalue weighted by atomic mass is 10.1. The minimum atomic E-state index is -3.56. The predicted molar refractivity (Wildman–Crippen MR) is 93.4 cm³/mol. The van der Waals surface area contributed by atoms with Gasteiger partial charge in [0.05, 0.1) is 0 Å². The van der Waals surface area contributed by atoms with Gasteiger partial charge in [-0.2, -0.15) is 0 Å². The van der Waals surface area contributed by atoms with Crippen LogP contribution in [0.4, 0.5) is 5.69 Å². The fourth-order valence-electron chi connectivity index (χ4n) is 1.89. The Bertz CT molecular complexity index is 736. The molecule has 0 saturated heterocycles. The van der Waals surface area contributed by atoms with Gasteiger partial charge in [0.2, 0.25) is 0 Å². The zero-order valence-electron chi connectivity index (χ0n) is 13.1. The lowest BCUT2D eigenvalue weighted by Gasteiger charge is -2.09. The van der Waals surface area contributed by atoms with Crippen molar-refractivity contribution in [3.8, 4) is 0 Å². The molecule has 1 aromatic carbocycles. The molecule has 2 aromatic rings. The van der Waals surface area contributed by atoms with Crippen LogP contribution in [0.15, 0.2) is 46.0 Å². The number of anilines is 1. The molecule has 0 bridgehead atoms. The molecule has 2 rings (SSSR count). The van der Waals surface area contributed by atoms with Crippen molar-refractivity contribution in [3.05, 3.63) is 47.3 Å². The summed E-state index contributed by atoms with van der Waals surface area (Å²) in [6.07, 6.45) is 0.921. The molecule has 0 aliphatic rings. The molecule has 0 radical (unpaired) electrons. The van der Waals surface area contributed by atoms with Gasteiger partial charge in [-0.1, -0.05) is 19.9 Å². The fourth-order valence-corrected chi connectivity index (χ4v) is 3.94. The molecular weight excluding hydrogens is 332 g/mol. The Labute approximate surface area is 140 Å². The summed E-state index contributed by atoms with van der Waals surface area (Å²) in [4.78, 5) is 12.0. The van der Waals surface area contributed by atoms with Crippen LogP contribution in [0, 0.1) is 5.92 Å². The zero-order chi connectivity index (χ0) is 16.9. The highest BCUT2D eigenvalue weighted by Gasteiger charge is 2.15. The van der Waals surface area contributed by atoms with Gasteiger partial charge in [-0.15, -0.1) is 11.3 Å². The monoisotopic (exact) mass is 352 g/mol. The zero-order valence-corrected chi connectivity index (χ0v) is 14.7. The van der Waals surface area contributed by atoms with E-state index < -0.39 is 10.0 Å². The van der Waals surface area contributed by atoms with Crippen molar-refractivity contribution >= 4 is 33.0 Å². The van der Waals surface area contributed by atoms with E-state index in [2.05, 4.69) is 23.9 Å². The molecule has 1 aromatic heterocycles. The van der Waals surface area contributed by atoms with E-state index in [-0.39, 0.29) is 10.1 Å². The van der Waals surface area contributed by atoms with Crippen LogP contribution in [0.3, 0.4) is 0 Å². The third-order valence-corrected chi connectivity index (χ3v) is 5.95. The van der Waals surface area contributed by atoms with Gasteiger partial charge in [0, 0.05) is 17.8 Å². The molecule has 0 unspecified atom stereocenters. The number of nitrogens with one attached hydrogen (secondary N) is 2. The van der Waals surface area contributed by atoms with E-state index >= 15 is 0 Å². The normalized spacial score (nSPS) is 11.4. The van der Waals surface area contributed by atoms with Gasteiger partial charge in [-0.3, -0.25) is 9.52 Å². The van der Waals surface area contributed by atoms with E-state index in [1.807, 2.05) is 0 Å². The van der Waals surface area contributed by atoms with E-state index in [0.29, 0.717) is 23.7 Å². The molecule has 0 spiro atoms. The summed E-state index contributed by atoms with van der Waals surface area (Å²) < 4.78 is 27.0. The maximum absolute atomic E-state index is 12.1. The van der Waals surface area contributed by atoms with Crippen molar-refractivity contribution < 1.29 is 13.2 Å². The summed E-state index contributed by atoms with van der Waals surface area (Å²) >= 11 is 1.15. The number of benzene rings is 1. The molecular formula is C16H20N2O3S2. The third-order valence-electron chi connectivity index (χ3n) is 3.17. The molecule has 1 amide bonds. The van der Waals surface area contributed by atoms with Gasteiger partial charge in [-0.05, 0) is 48.1 Å². The van der Waals surface area contributed by atoms with Crippen molar-refractivity contribution in [2.45, 2.75) is 24.5 Å². The standard InChI is InChI=1S/C16H20N2O3S2/c1-12(2)9-10-17-16(19)13-5-7-14(8-6-13)18-23(20,21)15-4-3-11-22-15/h3-8,11-12,18H,9-10H2,1-2H3,(H,17,19). The quantitative estimate of drug-likeness (QED) is 0.802. The van der Waals surface area contributed by atoms with Gasteiger partial charge in [0.1, 0.15) is 4.21 Å². The molecule has 7 heteroatoms. The molecule has 124 valence electrons. The smallest absolute Gasteiger partial charge is 0.271 e. The maximum atomic E-state index is 12.1. The van der Waals surface area contributed by atoms with Crippen LogP contribution in [-0.4, -0.2) is 20.9 Å². The Kier molecular flexibility index (Phi) is 5.79. The van der Waals surface area contributed by atoms with E-state index in [9.17, 15) is 13.2 Å². The summed E-state index contributed by atoms with van der Waals surface area (Å²) in [5.41, 5.74) is 0.935. The van der Waals surface area contributed by atoms with Crippen molar-refractivity contribution in [2.75, 3.05) is 11.3 Å². The SMILES string of the molecule is CC(C)CCNC(=O)c1ccc(NS(=O)(=O)c2cccs2)cc1. The number of hydrogen-bond acceptors (Lipinski definition) is 4. The van der Waals surface area contributed by atoms with Crippen molar-refractivity contribution in [2.24, 2.45) is 5.92 Å². The topological polar surface area (TPSA) is 75.3 Å². The first-order valence-electron chi connectivity index (χ1n) is 7.33. The van der Waals surface area contributed by atoms with E-state index in [0.717, 1.165) is 17.8 Å². The summed E-state index contributed by atoms with van der Waals surface area (Å²) in [7, 11) is -3.56. The Morgan fingerprint density at radius 1 is 1.17 bits per heavy atom. The second kappa shape index (κ2) is 7.61.